The van der Waals surface area contributed by atoms with E-state index in [1.807, 2.05) is 19.9 Å². The molecule has 0 aliphatic carbocycles. The number of benzene rings is 1. The fraction of sp³-hybridized carbons (Fsp3) is 0.500. The van der Waals surface area contributed by atoms with E-state index in [2.05, 4.69) is 11.4 Å². The lowest BCUT2D eigenvalue weighted by atomic mass is 9.90. The largest absolute Gasteiger partial charge is 0.313 e. The lowest BCUT2D eigenvalue weighted by Crippen LogP contribution is -2.17. The van der Waals surface area contributed by atoms with E-state index in [-0.39, 0.29) is 11.2 Å². The molecular weight excluding hydrogens is 215 g/mol. The molecule has 0 aromatic heterocycles. The summed E-state index contributed by atoms with van der Waals surface area (Å²) in [4.78, 5) is 0. The normalized spacial score (nSPS) is 11.2. The lowest BCUT2D eigenvalue weighted by molar-refractivity contribution is 0.426. The van der Waals surface area contributed by atoms with Crippen molar-refractivity contribution in [3.05, 3.63) is 35.6 Å². The molecule has 0 bridgehead atoms. The zero-order valence-corrected chi connectivity index (χ0v) is 10.5. The average Bonchev–Trinajstić information content (AvgIpc) is 2.29. The van der Waals surface area contributed by atoms with Crippen LogP contribution in [0.5, 0.6) is 0 Å². The van der Waals surface area contributed by atoms with Crippen LogP contribution in [-0.4, -0.2) is 6.54 Å². The SMILES string of the molecule is CC(C)(C#N)CCCNCc1cccc(F)c1. The first-order valence-electron chi connectivity index (χ1n) is 5.90. The maximum atomic E-state index is 12.9. The molecular formula is C14H19FN2. The van der Waals surface area contributed by atoms with Gasteiger partial charge in [0.15, 0.2) is 0 Å². The van der Waals surface area contributed by atoms with Gasteiger partial charge in [-0.15, -0.1) is 0 Å². The molecule has 1 rings (SSSR count). The number of rotatable bonds is 6. The first kappa shape index (κ1) is 13.7. The Kier molecular flexibility index (Phi) is 5.11. The van der Waals surface area contributed by atoms with Gasteiger partial charge in [-0.1, -0.05) is 12.1 Å². The third kappa shape index (κ3) is 5.46. The third-order valence-corrected chi connectivity index (χ3v) is 2.68. The van der Waals surface area contributed by atoms with Crippen LogP contribution in [0.3, 0.4) is 0 Å². The summed E-state index contributed by atoms with van der Waals surface area (Å²) in [5, 5.41) is 12.1. The summed E-state index contributed by atoms with van der Waals surface area (Å²) in [5.74, 6) is -0.199. The van der Waals surface area contributed by atoms with Crippen molar-refractivity contribution in [3.63, 3.8) is 0 Å². The molecule has 0 saturated heterocycles. The molecule has 2 nitrogen and oxygen atoms in total. The van der Waals surface area contributed by atoms with Gasteiger partial charge in [-0.25, -0.2) is 4.39 Å². The number of halogens is 1. The van der Waals surface area contributed by atoms with E-state index >= 15 is 0 Å². The number of nitrogens with zero attached hydrogens (tertiary/aromatic N) is 1. The summed E-state index contributed by atoms with van der Waals surface area (Å²) in [7, 11) is 0. The molecule has 1 aromatic rings. The van der Waals surface area contributed by atoms with Crippen LogP contribution in [0.25, 0.3) is 0 Å². The van der Waals surface area contributed by atoms with Crippen LogP contribution in [0, 0.1) is 22.6 Å². The van der Waals surface area contributed by atoms with Crippen molar-refractivity contribution in [1.29, 1.82) is 5.26 Å². The van der Waals surface area contributed by atoms with Crippen molar-refractivity contribution in [2.75, 3.05) is 6.54 Å². The Bertz CT molecular complexity index is 393. The highest BCUT2D eigenvalue weighted by molar-refractivity contribution is 5.15. The Morgan fingerprint density at radius 1 is 1.41 bits per heavy atom. The molecule has 0 saturated carbocycles. The van der Waals surface area contributed by atoms with Crippen LogP contribution in [0.4, 0.5) is 4.39 Å². The van der Waals surface area contributed by atoms with Gasteiger partial charge in [-0.2, -0.15) is 5.26 Å². The second-order valence-corrected chi connectivity index (χ2v) is 4.91. The molecule has 0 amide bonds. The maximum absolute atomic E-state index is 12.9. The molecule has 17 heavy (non-hydrogen) atoms. The number of hydrogen-bond donors (Lipinski definition) is 1. The molecule has 0 radical (unpaired) electrons. The standard InChI is InChI=1S/C14H19FN2/c1-14(2,11-16)7-4-8-17-10-12-5-3-6-13(15)9-12/h3,5-6,9,17H,4,7-8,10H2,1-2H3. The van der Waals surface area contributed by atoms with E-state index in [0.717, 1.165) is 24.9 Å². The van der Waals surface area contributed by atoms with Gasteiger partial charge >= 0.3 is 0 Å². The van der Waals surface area contributed by atoms with Crippen LogP contribution >= 0.6 is 0 Å². The van der Waals surface area contributed by atoms with Crippen molar-refractivity contribution in [3.8, 4) is 6.07 Å². The second-order valence-electron chi connectivity index (χ2n) is 4.91. The quantitative estimate of drug-likeness (QED) is 0.767. The van der Waals surface area contributed by atoms with Crippen molar-refractivity contribution in [1.82, 2.24) is 5.32 Å². The fourth-order valence-corrected chi connectivity index (χ4v) is 1.59. The van der Waals surface area contributed by atoms with Gasteiger partial charge in [0.2, 0.25) is 0 Å². The minimum absolute atomic E-state index is 0.199. The van der Waals surface area contributed by atoms with Gasteiger partial charge in [-0.3, -0.25) is 0 Å². The Hall–Kier alpha value is -1.40. The summed E-state index contributed by atoms with van der Waals surface area (Å²) in [6.07, 6.45) is 1.83. The first-order valence-corrected chi connectivity index (χ1v) is 5.90. The zero-order valence-electron chi connectivity index (χ0n) is 10.5. The van der Waals surface area contributed by atoms with Crippen molar-refractivity contribution in [2.24, 2.45) is 5.41 Å². The third-order valence-electron chi connectivity index (χ3n) is 2.68. The van der Waals surface area contributed by atoms with Gasteiger partial charge in [0.1, 0.15) is 5.82 Å². The Morgan fingerprint density at radius 2 is 2.18 bits per heavy atom. The van der Waals surface area contributed by atoms with Crippen LogP contribution < -0.4 is 5.32 Å². The minimum atomic E-state index is -0.249. The van der Waals surface area contributed by atoms with Crippen molar-refractivity contribution >= 4 is 0 Å². The van der Waals surface area contributed by atoms with Crippen LogP contribution in [0.1, 0.15) is 32.3 Å². The number of hydrogen-bond acceptors (Lipinski definition) is 2. The molecule has 0 aliphatic heterocycles. The summed E-state index contributed by atoms with van der Waals surface area (Å²) in [6.45, 7) is 5.41. The van der Waals surface area contributed by atoms with Gasteiger partial charge in [0, 0.05) is 6.54 Å². The molecule has 0 heterocycles. The number of nitrogens with one attached hydrogen (secondary N) is 1. The van der Waals surface area contributed by atoms with E-state index in [0.29, 0.717) is 6.54 Å². The highest BCUT2D eigenvalue weighted by Crippen LogP contribution is 2.19. The monoisotopic (exact) mass is 234 g/mol. The van der Waals surface area contributed by atoms with E-state index < -0.39 is 0 Å². The predicted octanol–water partition coefficient (Wildman–Crippen LogP) is 3.25. The molecule has 0 fully saturated rings. The van der Waals surface area contributed by atoms with Crippen molar-refractivity contribution < 1.29 is 4.39 Å². The van der Waals surface area contributed by atoms with Crippen LogP contribution in [0.2, 0.25) is 0 Å². The van der Waals surface area contributed by atoms with Crippen LogP contribution in [-0.2, 0) is 6.54 Å². The highest BCUT2D eigenvalue weighted by atomic mass is 19.1. The van der Waals surface area contributed by atoms with Gasteiger partial charge < -0.3 is 5.32 Å². The average molecular weight is 234 g/mol. The molecule has 0 spiro atoms. The van der Waals surface area contributed by atoms with Crippen molar-refractivity contribution in [2.45, 2.75) is 33.2 Å². The summed E-state index contributed by atoms with van der Waals surface area (Å²) < 4.78 is 12.9. The molecule has 0 atom stereocenters. The molecule has 0 unspecified atom stereocenters. The van der Waals surface area contributed by atoms with E-state index in [4.69, 9.17) is 5.26 Å². The van der Waals surface area contributed by atoms with E-state index in [9.17, 15) is 4.39 Å². The first-order chi connectivity index (χ1) is 8.03. The molecule has 3 heteroatoms. The van der Waals surface area contributed by atoms with Crippen LogP contribution in [0.15, 0.2) is 24.3 Å². The predicted molar refractivity (Wildman–Crippen MR) is 66.7 cm³/mol. The minimum Gasteiger partial charge on any atom is -0.313 e. The van der Waals surface area contributed by atoms with Gasteiger partial charge in [0.25, 0.3) is 0 Å². The zero-order chi connectivity index (χ0) is 12.7. The van der Waals surface area contributed by atoms with Gasteiger partial charge in [-0.05, 0) is 50.9 Å². The second kappa shape index (κ2) is 6.36. The Morgan fingerprint density at radius 3 is 2.82 bits per heavy atom. The summed E-state index contributed by atoms with van der Waals surface area (Å²) in [5.41, 5.74) is 0.699. The lowest BCUT2D eigenvalue weighted by Gasteiger charge is -2.14. The van der Waals surface area contributed by atoms with Gasteiger partial charge in [0.05, 0.1) is 11.5 Å². The molecule has 92 valence electrons. The Labute approximate surface area is 102 Å². The summed E-state index contributed by atoms with van der Waals surface area (Å²) in [6, 6.07) is 8.87. The number of nitriles is 1. The van der Waals surface area contributed by atoms with E-state index in [1.165, 1.54) is 12.1 Å². The fourth-order valence-electron chi connectivity index (χ4n) is 1.59. The molecule has 0 aliphatic rings. The maximum Gasteiger partial charge on any atom is 0.123 e. The highest BCUT2D eigenvalue weighted by Gasteiger charge is 2.15. The van der Waals surface area contributed by atoms with E-state index in [1.54, 1.807) is 6.07 Å². The summed E-state index contributed by atoms with van der Waals surface area (Å²) >= 11 is 0. The molecule has 1 aromatic carbocycles. The Balaban J connectivity index is 2.19. The topological polar surface area (TPSA) is 35.8 Å². The molecule has 1 N–H and O–H groups in total. The smallest absolute Gasteiger partial charge is 0.123 e.